The summed E-state index contributed by atoms with van der Waals surface area (Å²) in [6.07, 6.45) is 5.96. The zero-order valence-electron chi connectivity index (χ0n) is 10.6. The van der Waals surface area contributed by atoms with Gasteiger partial charge in [0.05, 0.1) is 0 Å². The molecule has 2 aromatic rings. The lowest BCUT2D eigenvalue weighted by Crippen LogP contribution is -2.12. The van der Waals surface area contributed by atoms with Gasteiger partial charge in [0, 0.05) is 29.8 Å². The smallest absolute Gasteiger partial charge is 0.113 e. The van der Waals surface area contributed by atoms with Gasteiger partial charge >= 0.3 is 0 Å². The number of imidazole rings is 1. The minimum atomic E-state index is 0.889. The van der Waals surface area contributed by atoms with Crippen molar-refractivity contribution < 1.29 is 0 Å². The molecule has 0 saturated heterocycles. The van der Waals surface area contributed by atoms with Crippen LogP contribution in [-0.2, 0) is 13.0 Å². The molecule has 0 bridgehead atoms. The van der Waals surface area contributed by atoms with E-state index >= 15 is 0 Å². The molecule has 0 atom stereocenters. The Kier molecular flexibility index (Phi) is 4.96. The quantitative estimate of drug-likeness (QED) is 0.832. The van der Waals surface area contributed by atoms with Gasteiger partial charge < -0.3 is 9.88 Å². The summed E-state index contributed by atoms with van der Waals surface area (Å²) in [5.74, 6) is 1.13. The summed E-state index contributed by atoms with van der Waals surface area (Å²) >= 11 is 3.45. The zero-order chi connectivity index (χ0) is 12.8. The predicted molar refractivity (Wildman–Crippen MR) is 77.7 cm³/mol. The van der Waals surface area contributed by atoms with Crippen molar-refractivity contribution in [3.05, 3.63) is 52.5 Å². The highest BCUT2D eigenvalue weighted by Crippen LogP contribution is 2.13. The SMILES string of the molecule is CNCCCn1ccnc1Cc1ccc(Br)cc1. The van der Waals surface area contributed by atoms with Crippen LogP contribution in [0, 0.1) is 0 Å². The van der Waals surface area contributed by atoms with E-state index in [1.54, 1.807) is 0 Å². The Hall–Kier alpha value is -1.13. The topological polar surface area (TPSA) is 29.9 Å². The van der Waals surface area contributed by atoms with Crippen molar-refractivity contribution >= 4 is 15.9 Å². The zero-order valence-corrected chi connectivity index (χ0v) is 12.2. The molecule has 4 heteroatoms. The molecule has 1 heterocycles. The first-order chi connectivity index (χ1) is 8.79. The Bertz CT molecular complexity index is 476. The van der Waals surface area contributed by atoms with Gasteiger partial charge in [0.25, 0.3) is 0 Å². The van der Waals surface area contributed by atoms with Gasteiger partial charge in [-0.1, -0.05) is 28.1 Å². The van der Waals surface area contributed by atoms with Crippen molar-refractivity contribution in [3.63, 3.8) is 0 Å². The summed E-state index contributed by atoms with van der Waals surface area (Å²) in [6.45, 7) is 2.06. The van der Waals surface area contributed by atoms with E-state index in [0.29, 0.717) is 0 Å². The lowest BCUT2D eigenvalue weighted by molar-refractivity contribution is 0.594. The number of hydrogen-bond acceptors (Lipinski definition) is 2. The lowest BCUT2D eigenvalue weighted by atomic mass is 10.1. The number of nitrogens with zero attached hydrogens (tertiary/aromatic N) is 2. The van der Waals surface area contributed by atoms with Crippen LogP contribution in [0.3, 0.4) is 0 Å². The first-order valence-corrected chi connectivity index (χ1v) is 6.98. The summed E-state index contributed by atoms with van der Waals surface area (Å²) in [5, 5.41) is 3.17. The van der Waals surface area contributed by atoms with Gasteiger partial charge in [-0.2, -0.15) is 0 Å². The third kappa shape index (κ3) is 3.68. The second kappa shape index (κ2) is 6.71. The average molecular weight is 308 g/mol. The Balaban J connectivity index is 2.00. The molecule has 0 amide bonds. The van der Waals surface area contributed by atoms with E-state index in [4.69, 9.17) is 0 Å². The molecule has 0 fully saturated rings. The van der Waals surface area contributed by atoms with Crippen LogP contribution in [-0.4, -0.2) is 23.1 Å². The molecule has 0 spiro atoms. The molecule has 0 aliphatic rings. The maximum absolute atomic E-state index is 4.44. The van der Waals surface area contributed by atoms with Gasteiger partial charge in [0.1, 0.15) is 5.82 Å². The first-order valence-electron chi connectivity index (χ1n) is 6.18. The van der Waals surface area contributed by atoms with Crippen molar-refractivity contribution in [1.29, 1.82) is 0 Å². The van der Waals surface area contributed by atoms with Crippen molar-refractivity contribution in [2.75, 3.05) is 13.6 Å². The number of nitrogens with one attached hydrogen (secondary N) is 1. The highest BCUT2D eigenvalue weighted by atomic mass is 79.9. The molecule has 1 aromatic heterocycles. The van der Waals surface area contributed by atoms with Crippen LogP contribution >= 0.6 is 15.9 Å². The highest BCUT2D eigenvalue weighted by Gasteiger charge is 2.03. The maximum atomic E-state index is 4.44. The molecule has 18 heavy (non-hydrogen) atoms. The molecular formula is C14H18BrN3. The van der Waals surface area contributed by atoms with E-state index in [-0.39, 0.29) is 0 Å². The van der Waals surface area contributed by atoms with E-state index in [2.05, 4.69) is 61.3 Å². The predicted octanol–water partition coefficient (Wildman–Crippen LogP) is 2.85. The fourth-order valence-electron chi connectivity index (χ4n) is 1.92. The van der Waals surface area contributed by atoms with Gasteiger partial charge in [-0.05, 0) is 37.7 Å². The monoisotopic (exact) mass is 307 g/mol. The van der Waals surface area contributed by atoms with Crippen LogP contribution in [0.5, 0.6) is 0 Å². The molecule has 1 N–H and O–H groups in total. The Morgan fingerprint density at radius 2 is 2.06 bits per heavy atom. The van der Waals surface area contributed by atoms with Gasteiger partial charge in [0.15, 0.2) is 0 Å². The van der Waals surface area contributed by atoms with E-state index in [9.17, 15) is 0 Å². The molecule has 0 radical (unpaired) electrons. The van der Waals surface area contributed by atoms with Gasteiger partial charge in [-0.3, -0.25) is 0 Å². The van der Waals surface area contributed by atoms with Gasteiger partial charge in [0.2, 0.25) is 0 Å². The molecule has 3 nitrogen and oxygen atoms in total. The minimum absolute atomic E-state index is 0.889. The van der Waals surface area contributed by atoms with Crippen molar-refractivity contribution in [1.82, 2.24) is 14.9 Å². The molecule has 0 aliphatic carbocycles. The minimum Gasteiger partial charge on any atom is -0.335 e. The Labute approximate surface area is 116 Å². The van der Waals surface area contributed by atoms with Crippen molar-refractivity contribution in [2.24, 2.45) is 0 Å². The van der Waals surface area contributed by atoms with Crippen LogP contribution in [0.4, 0.5) is 0 Å². The van der Waals surface area contributed by atoms with Crippen LogP contribution in [0.1, 0.15) is 17.8 Å². The third-order valence-electron chi connectivity index (χ3n) is 2.90. The third-order valence-corrected chi connectivity index (χ3v) is 3.43. The van der Waals surface area contributed by atoms with Crippen LogP contribution in [0.15, 0.2) is 41.1 Å². The van der Waals surface area contributed by atoms with Crippen LogP contribution < -0.4 is 5.32 Å². The fourth-order valence-corrected chi connectivity index (χ4v) is 2.19. The first kappa shape index (κ1) is 13.3. The standard InChI is InChI=1S/C14H18BrN3/c1-16-7-2-9-18-10-8-17-14(18)11-12-3-5-13(15)6-4-12/h3-6,8,10,16H,2,7,9,11H2,1H3. The normalized spacial score (nSPS) is 10.8. The summed E-state index contributed by atoms with van der Waals surface area (Å²) < 4.78 is 3.35. The van der Waals surface area contributed by atoms with Crippen molar-refractivity contribution in [2.45, 2.75) is 19.4 Å². The van der Waals surface area contributed by atoms with Gasteiger partial charge in [-0.15, -0.1) is 0 Å². The number of aryl methyl sites for hydroxylation is 1. The van der Waals surface area contributed by atoms with E-state index in [1.807, 2.05) is 13.2 Å². The maximum Gasteiger partial charge on any atom is 0.113 e. The fraction of sp³-hybridized carbons (Fsp3) is 0.357. The molecular weight excluding hydrogens is 290 g/mol. The number of aromatic nitrogens is 2. The van der Waals surface area contributed by atoms with Crippen LogP contribution in [0.25, 0.3) is 0 Å². The Morgan fingerprint density at radius 3 is 2.78 bits per heavy atom. The summed E-state index contributed by atoms with van der Waals surface area (Å²) in [7, 11) is 1.98. The number of benzene rings is 1. The van der Waals surface area contributed by atoms with E-state index < -0.39 is 0 Å². The second-order valence-corrected chi connectivity index (χ2v) is 5.21. The molecule has 96 valence electrons. The van der Waals surface area contributed by atoms with E-state index in [0.717, 1.165) is 36.2 Å². The molecule has 0 saturated carbocycles. The number of halogens is 1. The summed E-state index contributed by atoms with van der Waals surface area (Å²) in [4.78, 5) is 4.44. The summed E-state index contributed by atoms with van der Waals surface area (Å²) in [6, 6.07) is 8.42. The highest BCUT2D eigenvalue weighted by molar-refractivity contribution is 9.10. The molecule has 2 rings (SSSR count). The summed E-state index contributed by atoms with van der Waals surface area (Å²) in [5.41, 5.74) is 1.29. The van der Waals surface area contributed by atoms with Crippen molar-refractivity contribution in [3.8, 4) is 0 Å². The number of hydrogen-bond donors (Lipinski definition) is 1. The Morgan fingerprint density at radius 1 is 1.28 bits per heavy atom. The second-order valence-electron chi connectivity index (χ2n) is 4.30. The van der Waals surface area contributed by atoms with E-state index in [1.165, 1.54) is 5.56 Å². The molecule has 0 unspecified atom stereocenters. The number of rotatable bonds is 6. The molecule has 0 aliphatic heterocycles. The largest absolute Gasteiger partial charge is 0.335 e. The molecule has 1 aromatic carbocycles. The average Bonchev–Trinajstić information content (AvgIpc) is 2.80. The van der Waals surface area contributed by atoms with Gasteiger partial charge in [-0.25, -0.2) is 4.98 Å². The van der Waals surface area contributed by atoms with Crippen LogP contribution in [0.2, 0.25) is 0 Å². The lowest BCUT2D eigenvalue weighted by Gasteiger charge is -2.07.